The number of carbonyl (C=O) groups is 1. The van der Waals surface area contributed by atoms with Gasteiger partial charge in [-0.1, -0.05) is 12.1 Å². The van der Waals surface area contributed by atoms with E-state index in [1.165, 1.54) is 11.0 Å². The standard InChI is InChI=1S/C16H14N4O3/c1-2-22-15-6-4-3-5-14(15)16(21)23-13-9-7-12(8-10-13)20-11-17-18-19-20/h3-11H,2H2,1H3. The Labute approximate surface area is 132 Å². The monoisotopic (exact) mass is 310 g/mol. The second-order valence-corrected chi connectivity index (χ2v) is 4.57. The van der Waals surface area contributed by atoms with E-state index in [2.05, 4.69) is 15.5 Å². The fraction of sp³-hybridized carbons (Fsp3) is 0.125. The first-order chi connectivity index (χ1) is 11.3. The number of carbonyl (C=O) groups excluding carboxylic acids is 1. The molecule has 0 fully saturated rings. The van der Waals surface area contributed by atoms with Crippen molar-refractivity contribution in [2.45, 2.75) is 6.92 Å². The van der Waals surface area contributed by atoms with Gasteiger partial charge in [-0.15, -0.1) is 5.10 Å². The molecular weight excluding hydrogens is 296 g/mol. The van der Waals surface area contributed by atoms with Crippen LogP contribution in [0.2, 0.25) is 0 Å². The van der Waals surface area contributed by atoms with Gasteiger partial charge in [0, 0.05) is 0 Å². The van der Waals surface area contributed by atoms with Gasteiger partial charge in [0.05, 0.1) is 12.3 Å². The zero-order chi connectivity index (χ0) is 16.1. The van der Waals surface area contributed by atoms with Gasteiger partial charge in [-0.3, -0.25) is 0 Å². The van der Waals surface area contributed by atoms with Crippen molar-refractivity contribution in [3.05, 3.63) is 60.4 Å². The molecule has 0 saturated heterocycles. The molecule has 0 amide bonds. The van der Waals surface area contributed by atoms with Crippen LogP contribution >= 0.6 is 0 Å². The maximum absolute atomic E-state index is 12.3. The summed E-state index contributed by atoms with van der Waals surface area (Å²) in [6.45, 7) is 2.34. The van der Waals surface area contributed by atoms with E-state index in [9.17, 15) is 4.79 Å². The zero-order valence-corrected chi connectivity index (χ0v) is 12.4. The molecule has 1 aromatic heterocycles. The lowest BCUT2D eigenvalue weighted by atomic mass is 10.2. The smallest absolute Gasteiger partial charge is 0.347 e. The van der Waals surface area contributed by atoms with E-state index in [0.717, 1.165) is 5.69 Å². The van der Waals surface area contributed by atoms with E-state index in [-0.39, 0.29) is 0 Å². The molecular formula is C16H14N4O3. The Bertz CT molecular complexity index is 785. The Kier molecular flexibility index (Phi) is 4.28. The summed E-state index contributed by atoms with van der Waals surface area (Å²) in [5, 5.41) is 10.9. The molecule has 3 aromatic rings. The lowest BCUT2D eigenvalue weighted by molar-refractivity contribution is 0.0730. The largest absolute Gasteiger partial charge is 0.493 e. The molecule has 0 unspecified atom stereocenters. The van der Waals surface area contributed by atoms with Gasteiger partial charge >= 0.3 is 5.97 Å². The van der Waals surface area contributed by atoms with Crippen LogP contribution < -0.4 is 9.47 Å². The maximum atomic E-state index is 12.3. The third-order valence-electron chi connectivity index (χ3n) is 3.07. The van der Waals surface area contributed by atoms with E-state index in [1.807, 2.05) is 13.0 Å². The molecule has 0 radical (unpaired) electrons. The first-order valence-electron chi connectivity index (χ1n) is 7.05. The van der Waals surface area contributed by atoms with Crippen LogP contribution in [0.25, 0.3) is 5.69 Å². The van der Waals surface area contributed by atoms with E-state index < -0.39 is 5.97 Å². The minimum Gasteiger partial charge on any atom is -0.493 e. The van der Waals surface area contributed by atoms with Gasteiger partial charge in [0.15, 0.2) is 0 Å². The lowest BCUT2D eigenvalue weighted by Crippen LogP contribution is -2.10. The van der Waals surface area contributed by atoms with Crippen LogP contribution in [0.1, 0.15) is 17.3 Å². The van der Waals surface area contributed by atoms with Gasteiger partial charge in [0.2, 0.25) is 0 Å². The number of benzene rings is 2. The SMILES string of the molecule is CCOc1ccccc1C(=O)Oc1ccc(-n2cnnn2)cc1. The average Bonchev–Trinajstić information content (AvgIpc) is 3.11. The third-order valence-corrected chi connectivity index (χ3v) is 3.07. The fourth-order valence-corrected chi connectivity index (χ4v) is 2.03. The molecule has 0 aliphatic heterocycles. The second kappa shape index (κ2) is 6.69. The summed E-state index contributed by atoms with van der Waals surface area (Å²) in [6.07, 6.45) is 1.49. The molecule has 116 valence electrons. The van der Waals surface area contributed by atoms with Crippen molar-refractivity contribution in [1.29, 1.82) is 0 Å². The summed E-state index contributed by atoms with van der Waals surface area (Å²) < 4.78 is 12.3. The highest BCUT2D eigenvalue weighted by molar-refractivity contribution is 5.94. The van der Waals surface area contributed by atoms with E-state index in [4.69, 9.17) is 9.47 Å². The highest BCUT2D eigenvalue weighted by atomic mass is 16.5. The number of hydrogen-bond acceptors (Lipinski definition) is 6. The Morgan fingerprint density at radius 3 is 2.61 bits per heavy atom. The van der Waals surface area contributed by atoms with Gasteiger partial charge in [-0.25, -0.2) is 9.48 Å². The zero-order valence-electron chi connectivity index (χ0n) is 12.4. The van der Waals surface area contributed by atoms with Crippen LogP contribution in [0.4, 0.5) is 0 Å². The number of aromatic nitrogens is 4. The third kappa shape index (κ3) is 3.34. The van der Waals surface area contributed by atoms with Gasteiger partial charge < -0.3 is 9.47 Å². The summed E-state index contributed by atoms with van der Waals surface area (Å²) in [4.78, 5) is 12.3. The minimum absolute atomic E-state index is 0.388. The van der Waals surface area contributed by atoms with Crippen LogP contribution in [0, 0.1) is 0 Å². The number of esters is 1. The molecule has 0 aliphatic rings. The molecule has 7 nitrogen and oxygen atoms in total. The quantitative estimate of drug-likeness (QED) is 0.531. The van der Waals surface area contributed by atoms with Crippen LogP contribution in [-0.2, 0) is 0 Å². The van der Waals surface area contributed by atoms with Crippen molar-refractivity contribution >= 4 is 5.97 Å². The van der Waals surface area contributed by atoms with Crippen molar-refractivity contribution in [3.8, 4) is 17.2 Å². The number of para-hydroxylation sites is 1. The predicted molar refractivity (Wildman–Crippen MR) is 81.7 cm³/mol. The Balaban J connectivity index is 1.75. The van der Waals surface area contributed by atoms with Crippen molar-refractivity contribution in [2.75, 3.05) is 6.61 Å². The number of tetrazole rings is 1. The maximum Gasteiger partial charge on any atom is 0.347 e. The van der Waals surface area contributed by atoms with Gasteiger partial charge in [-0.05, 0) is 53.7 Å². The molecule has 0 aliphatic carbocycles. The van der Waals surface area contributed by atoms with Crippen molar-refractivity contribution < 1.29 is 14.3 Å². The second-order valence-electron chi connectivity index (χ2n) is 4.57. The molecule has 0 atom stereocenters. The van der Waals surface area contributed by atoms with Gasteiger partial charge in [0.25, 0.3) is 0 Å². The summed E-state index contributed by atoms with van der Waals surface area (Å²) in [7, 11) is 0. The average molecular weight is 310 g/mol. The summed E-state index contributed by atoms with van der Waals surface area (Å²) >= 11 is 0. The first-order valence-corrected chi connectivity index (χ1v) is 7.05. The van der Waals surface area contributed by atoms with E-state index >= 15 is 0 Å². The normalized spacial score (nSPS) is 10.3. The highest BCUT2D eigenvalue weighted by Gasteiger charge is 2.14. The first kappa shape index (κ1) is 14.7. The van der Waals surface area contributed by atoms with Crippen LogP contribution in [-0.4, -0.2) is 32.8 Å². The fourth-order valence-electron chi connectivity index (χ4n) is 2.03. The minimum atomic E-state index is -0.468. The Morgan fingerprint density at radius 2 is 1.91 bits per heavy atom. The number of rotatable bonds is 5. The van der Waals surface area contributed by atoms with Crippen LogP contribution in [0.5, 0.6) is 11.5 Å². The van der Waals surface area contributed by atoms with Crippen molar-refractivity contribution in [2.24, 2.45) is 0 Å². The number of nitrogens with zero attached hydrogens (tertiary/aromatic N) is 4. The topological polar surface area (TPSA) is 79.1 Å². The Morgan fingerprint density at radius 1 is 1.13 bits per heavy atom. The molecule has 23 heavy (non-hydrogen) atoms. The summed E-state index contributed by atoms with van der Waals surface area (Å²) in [6, 6.07) is 13.9. The van der Waals surface area contributed by atoms with Gasteiger partial charge in [0.1, 0.15) is 23.4 Å². The molecule has 7 heteroatoms. The summed E-state index contributed by atoms with van der Waals surface area (Å²) in [5.74, 6) is 0.465. The Hall–Kier alpha value is -3.22. The molecule has 2 aromatic carbocycles. The number of ether oxygens (including phenoxy) is 2. The van der Waals surface area contributed by atoms with Crippen molar-refractivity contribution in [1.82, 2.24) is 20.2 Å². The molecule has 0 saturated carbocycles. The van der Waals surface area contributed by atoms with E-state index in [1.54, 1.807) is 42.5 Å². The molecule has 0 spiro atoms. The highest BCUT2D eigenvalue weighted by Crippen LogP contribution is 2.21. The van der Waals surface area contributed by atoms with Crippen LogP contribution in [0.3, 0.4) is 0 Å². The number of hydrogen-bond donors (Lipinski definition) is 0. The lowest BCUT2D eigenvalue weighted by Gasteiger charge is -2.10. The molecule has 3 rings (SSSR count). The van der Waals surface area contributed by atoms with Crippen LogP contribution in [0.15, 0.2) is 54.9 Å². The van der Waals surface area contributed by atoms with E-state index in [0.29, 0.717) is 23.7 Å². The molecule has 1 heterocycles. The van der Waals surface area contributed by atoms with Crippen molar-refractivity contribution in [3.63, 3.8) is 0 Å². The summed E-state index contributed by atoms with van der Waals surface area (Å²) in [5.41, 5.74) is 1.16. The predicted octanol–water partition coefficient (Wildman–Crippen LogP) is 2.28. The van der Waals surface area contributed by atoms with Gasteiger partial charge in [-0.2, -0.15) is 0 Å². The molecule has 0 bridgehead atoms. The molecule has 0 N–H and O–H groups in total.